The first-order valence-corrected chi connectivity index (χ1v) is 9.46. The van der Waals surface area contributed by atoms with Crippen molar-refractivity contribution in [1.82, 2.24) is 5.32 Å². The highest BCUT2D eigenvalue weighted by atomic mass is 35.5. The third-order valence-corrected chi connectivity index (χ3v) is 5.59. The van der Waals surface area contributed by atoms with Crippen molar-refractivity contribution in [3.05, 3.63) is 53.1 Å². The molecule has 1 aliphatic carbocycles. The first kappa shape index (κ1) is 21.1. The van der Waals surface area contributed by atoms with Crippen LogP contribution in [-0.2, 0) is 4.79 Å². The van der Waals surface area contributed by atoms with E-state index in [0.29, 0.717) is 21.9 Å². The normalized spacial score (nSPS) is 22.6. The molecule has 2 rings (SSSR count). The van der Waals surface area contributed by atoms with Crippen LogP contribution < -0.4 is 10.1 Å². The van der Waals surface area contributed by atoms with E-state index in [-0.39, 0.29) is 28.9 Å². The van der Waals surface area contributed by atoms with Gasteiger partial charge in [-0.15, -0.1) is 0 Å². The van der Waals surface area contributed by atoms with E-state index in [1.165, 1.54) is 0 Å². The number of nitrogens with one attached hydrogen (secondary N) is 1. The van der Waals surface area contributed by atoms with E-state index in [1.807, 2.05) is 19.1 Å². The third kappa shape index (κ3) is 4.04. The molecule has 0 aliphatic heterocycles. The third-order valence-electron chi connectivity index (χ3n) is 5.28. The summed E-state index contributed by atoms with van der Waals surface area (Å²) in [4.78, 5) is 12.5. The Morgan fingerprint density at radius 1 is 1.37 bits per heavy atom. The van der Waals surface area contributed by atoms with Crippen molar-refractivity contribution in [2.45, 2.75) is 53.2 Å². The van der Waals surface area contributed by atoms with Crippen LogP contribution in [0.4, 0.5) is 0 Å². The van der Waals surface area contributed by atoms with E-state index in [9.17, 15) is 4.79 Å². The molecule has 0 saturated heterocycles. The van der Waals surface area contributed by atoms with E-state index in [4.69, 9.17) is 21.6 Å². The number of hydrogen-bond donors (Lipinski definition) is 1. The molecule has 0 bridgehead atoms. The maximum absolute atomic E-state index is 12.5. The second-order valence-corrected chi connectivity index (χ2v) is 8.54. The molecule has 0 unspecified atom stereocenters. The summed E-state index contributed by atoms with van der Waals surface area (Å²) in [5.74, 6) is 0.455. The molecule has 1 amide bonds. The number of rotatable bonds is 6. The zero-order valence-corrected chi connectivity index (χ0v) is 17.4. The topological polar surface area (TPSA) is 62.1 Å². The number of benzene rings is 1. The van der Waals surface area contributed by atoms with Crippen LogP contribution in [0.5, 0.6) is 5.75 Å². The first-order chi connectivity index (χ1) is 12.6. The predicted octanol–water partition coefficient (Wildman–Crippen LogP) is 5.03. The summed E-state index contributed by atoms with van der Waals surface area (Å²) < 4.78 is 6.22. The molecule has 1 fully saturated rings. The highest BCUT2D eigenvalue weighted by Gasteiger charge is 2.64. The minimum absolute atomic E-state index is 0.0665. The fourth-order valence-corrected chi connectivity index (χ4v) is 4.37. The number of allylic oxidation sites excluding steroid dienone is 1. The monoisotopic (exact) mass is 386 g/mol. The molecule has 1 saturated carbocycles. The van der Waals surface area contributed by atoms with Crippen molar-refractivity contribution in [1.29, 1.82) is 5.26 Å². The molecule has 1 aromatic rings. The van der Waals surface area contributed by atoms with Crippen molar-refractivity contribution < 1.29 is 9.53 Å². The fourth-order valence-electron chi connectivity index (χ4n) is 4.16. The highest BCUT2D eigenvalue weighted by molar-refractivity contribution is 6.31. The minimum atomic E-state index is -0.283. The quantitative estimate of drug-likeness (QED) is 0.550. The Morgan fingerprint density at radius 2 is 2.00 bits per heavy atom. The highest BCUT2D eigenvalue weighted by Crippen LogP contribution is 2.55. The SMILES string of the molecule is C=C(/C=C\CC)C(=O)NC1C(C)(C)C(Oc2ccc(C#N)c(Cl)c2)C1(C)C. The molecular formula is C22H27ClN2O2. The molecule has 4 nitrogen and oxygen atoms in total. The van der Waals surface area contributed by atoms with E-state index in [0.717, 1.165) is 6.42 Å². The molecule has 144 valence electrons. The van der Waals surface area contributed by atoms with Crippen LogP contribution >= 0.6 is 11.6 Å². The number of halogens is 1. The molecule has 1 aliphatic rings. The molecule has 0 spiro atoms. The zero-order valence-electron chi connectivity index (χ0n) is 16.6. The van der Waals surface area contributed by atoms with Crippen molar-refractivity contribution >= 4 is 17.5 Å². The smallest absolute Gasteiger partial charge is 0.250 e. The lowest BCUT2D eigenvalue weighted by Gasteiger charge is -2.63. The van der Waals surface area contributed by atoms with Gasteiger partial charge < -0.3 is 10.1 Å². The minimum Gasteiger partial charge on any atom is -0.489 e. The van der Waals surface area contributed by atoms with Gasteiger partial charge in [0.25, 0.3) is 5.91 Å². The van der Waals surface area contributed by atoms with Crippen LogP contribution in [0.1, 0.15) is 46.6 Å². The molecule has 5 heteroatoms. The molecule has 0 heterocycles. The number of hydrogen-bond acceptors (Lipinski definition) is 3. The van der Waals surface area contributed by atoms with Crippen LogP contribution in [0, 0.1) is 22.2 Å². The van der Waals surface area contributed by atoms with Crippen LogP contribution in [0.3, 0.4) is 0 Å². The number of ether oxygens (including phenoxy) is 1. The lowest BCUT2D eigenvalue weighted by Crippen LogP contribution is -2.74. The lowest BCUT2D eigenvalue weighted by atomic mass is 9.49. The zero-order chi connectivity index (χ0) is 20.4. The largest absolute Gasteiger partial charge is 0.489 e. The molecule has 27 heavy (non-hydrogen) atoms. The van der Waals surface area contributed by atoms with Gasteiger partial charge in [-0.25, -0.2) is 0 Å². The summed E-state index contributed by atoms with van der Waals surface area (Å²) in [5, 5.41) is 12.5. The van der Waals surface area contributed by atoms with Crippen molar-refractivity contribution in [3.63, 3.8) is 0 Å². The number of amides is 1. The van der Waals surface area contributed by atoms with Crippen LogP contribution in [0.2, 0.25) is 5.02 Å². The second-order valence-electron chi connectivity index (χ2n) is 8.14. The number of carbonyl (C=O) groups is 1. The second kappa shape index (κ2) is 7.78. The Kier molecular flexibility index (Phi) is 6.07. The summed E-state index contributed by atoms with van der Waals surface area (Å²) >= 11 is 6.11. The van der Waals surface area contributed by atoms with Crippen molar-refractivity contribution in [2.75, 3.05) is 0 Å². The Bertz CT molecular complexity index is 802. The summed E-state index contributed by atoms with van der Waals surface area (Å²) in [5.41, 5.74) is 0.300. The van der Waals surface area contributed by atoms with Gasteiger partial charge in [0.2, 0.25) is 0 Å². The van der Waals surface area contributed by atoms with E-state index in [2.05, 4.69) is 39.6 Å². The summed E-state index contributed by atoms with van der Waals surface area (Å²) in [6.45, 7) is 14.1. The molecular weight excluding hydrogens is 360 g/mol. The predicted molar refractivity (Wildman–Crippen MR) is 109 cm³/mol. The summed E-state index contributed by atoms with van der Waals surface area (Å²) in [6.07, 6.45) is 4.40. The van der Waals surface area contributed by atoms with Crippen molar-refractivity contribution in [2.24, 2.45) is 10.8 Å². The van der Waals surface area contributed by atoms with Gasteiger partial charge in [-0.1, -0.05) is 65.0 Å². The Balaban J connectivity index is 2.14. The summed E-state index contributed by atoms with van der Waals surface area (Å²) in [6, 6.07) is 7.04. The van der Waals surface area contributed by atoms with Crippen molar-refractivity contribution in [3.8, 4) is 11.8 Å². The average molecular weight is 387 g/mol. The van der Waals surface area contributed by atoms with Gasteiger partial charge in [0.15, 0.2) is 0 Å². The van der Waals surface area contributed by atoms with E-state index in [1.54, 1.807) is 24.3 Å². The van der Waals surface area contributed by atoms with Gasteiger partial charge >= 0.3 is 0 Å². The molecule has 1 aromatic carbocycles. The maximum Gasteiger partial charge on any atom is 0.250 e. The van der Waals surface area contributed by atoms with Crippen LogP contribution in [-0.4, -0.2) is 18.1 Å². The van der Waals surface area contributed by atoms with Gasteiger partial charge in [-0.2, -0.15) is 5.26 Å². The number of carbonyl (C=O) groups excluding carboxylic acids is 1. The van der Waals surface area contributed by atoms with Gasteiger partial charge in [0.05, 0.1) is 10.6 Å². The maximum atomic E-state index is 12.5. The Hall–Kier alpha value is -2.25. The van der Waals surface area contributed by atoms with Gasteiger partial charge in [-0.05, 0) is 18.6 Å². The van der Waals surface area contributed by atoms with Gasteiger partial charge in [0, 0.05) is 28.5 Å². The van der Waals surface area contributed by atoms with Gasteiger partial charge in [-0.3, -0.25) is 4.79 Å². The lowest BCUT2D eigenvalue weighted by molar-refractivity contribution is -0.172. The van der Waals surface area contributed by atoms with Gasteiger partial charge in [0.1, 0.15) is 17.9 Å². The fraction of sp³-hybridized carbons (Fsp3) is 0.455. The number of nitriles is 1. The van der Waals surface area contributed by atoms with E-state index >= 15 is 0 Å². The summed E-state index contributed by atoms with van der Waals surface area (Å²) in [7, 11) is 0. The van der Waals surface area contributed by atoms with Crippen LogP contribution in [0.15, 0.2) is 42.5 Å². The molecule has 0 aromatic heterocycles. The van der Waals surface area contributed by atoms with Crippen LogP contribution in [0.25, 0.3) is 0 Å². The Morgan fingerprint density at radius 3 is 2.52 bits per heavy atom. The molecule has 0 atom stereocenters. The molecule has 1 N–H and O–H groups in total. The number of nitrogens with zero attached hydrogens (tertiary/aromatic N) is 1. The first-order valence-electron chi connectivity index (χ1n) is 9.08. The molecule has 0 radical (unpaired) electrons. The Labute approximate surface area is 166 Å². The standard InChI is InChI=1S/C22H27ClN2O2/c1-7-8-9-14(2)18(26)25-19-21(3,4)20(22(19,5)6)27-16-11-10-15(13-24)17(23)12-16/h8-12,19-20H,2,7H2,1,3-6H3,(H,25,26)/b9-8-. The van der Waals surface area contributed by atoms with E-state index < -0.39 is 0 Å². The average Bonchev–Trinajstić information content (AvgIpc) is 2.61.